The number of fused-ring (bicyclic) bond motifs is 4. The van der Waals surface area contributed by atoms with Gasteiger partial charge in [0.25, 0.3) is 0 Å². The Hall–Kier alpha value is -4.29. The summed E-state index contributed by atoms with van der Waals surface area (Å²) in [6.45, 7) is 0.253. The number of hydrogen-bond acceptors (Lipinski definition) is 5. The van der Waals surface area contributed by atoms with Crippen molar-refractivity contribution >= 4 is 33.9 Å². The minimum atomic E-state index is -1.44. The summed E-state index contributed by atoms with van der Waals surface area (Å²) < 4.78 is 5.28. The highest BCUT2D eigenvalue weighted by molar-refractivity contribution is 6.26. The first-order chi connectivity index (χ1) is 18.0. The number of para-hydroxylation sites is 1. The number of hydrogen-bond donors (Lipinski definition) is 1. The number of benzene rings is 4. The highest BCUT2D eigenvalue weighted by Crippen LogP contribution is 2.65. The summed E-state index contributed by atoms with van der Waals surface area (Å²) in [6, 6.07) is 26.0. The van der Waals surface area contributed by atoms with E-state index < -0.39 is 16.9 Å². The molecule has 4 aromatic rings. The Bertz CT molecular complexity index is 1650. The third kappa shape index (κ3) is 2.41. The fraction of sp³-hybridized carbons (Fsp3) is 0.194. The third-order valence-corrected chi connectivity index (χ3v) is 8.64. The summed E-state index contributed by atoms with van der Waals surface area (Å²) in [5.41, 5.74) is 0.382. The van der Waals surface area contributed by atoms with Gasteiger partial charge in [0.05, 0.1) is 13.0 Å². The van der Waals surface area contributed by atoms with E-state index in [9.17, 15) is 14.4 Å². The van der Waals surface area contributed by atoms with Crippen molar-refractivity contribution in [1.29, 1.82) is 0 Å². The lowest BCUT2D eigenvalue weighted by Gasteiger charge is -2.44. The number of nitrogens with zero attached hydrogens (tertiary/aromatic N) is 1. The Morgan fingerprint density at radius 1 is 0.919 bits per heavy atom. The van der Waals surface area contributed by atoms with Crippen LogP contribution in [-0.4, -0.2) is 43.1 Å². The predicted molar refractivity (Wildman–Crippen MR) is 140 cm³/mol. The molecule has 6 nitrogen and oxygen atoms in total. The predicted octanol–water partition coefficient (Wildman–Crippen LogP) is 4.57. The van der Waals surface area contributed by atoms with E-state index in [0.717, 1.165) is 16.3 Å². The van der Waals surface area contributed by atoms with E-state index in [-0.39, 0.29) is 24.0 Å². The number of nitrogens with one attached hydrogen (secondary N) is 1. The van der Waals surface area contributed by atoms with Crippen molar-refractivity contribution in [3.05, 3.63) is 107 Å². The first-order valence-electron chi connectivity index (χ1n) is 12.3. The number of amides is 1. The largest absolute Gasteiger partial charge is 0.497 e. The number of carbonyl (C=O) groups is 3. The molecular formula is C31H24N2O4. The zero-order chi connectivity index (χ0) is 25.5. The normalized spacial score (nSPS) is 25.7. The quantitative estimate of drug-likeness (QED) is 0.428. The molecule has 7 rings (SSSR count). The van der Waals surface area contributed by atoms with Crippen molar-refractivity contribution < 1.29 is 19.1 Å². The molecule has 1 aliphatic carbocycles. The molecule has 1 fully saturated rings. The molecule has 3 aliphatic rings. The van der Waals surface area contributed by atoms with Crippen LogP contribution in [0.15, 0.2) is 84.9 Å². The standard InChI is InChI=1S/C31H24N2O4/c1-33-17-24(27(34)19-13-15-20(37-2)16-14-19)30(22-10-3-4-12-25(22)32-29(30)36)31(33)23-11-6-8-18-7-5-9-21(26(18)23)28(31)35/h3-16,24H,17H2,1-2H3,(H,32,36)/t24-,30+,31+/m1/s1. The van der Waals surface area contributed by atoms with Crippen molar-refractivity contribution in [1.82, 2.24) is 4.90 Å². The monoisotopic (exact) mass is 488 g/mol. The Morgan fingerprint density at radius 3 is 2.38 bits per heavy atom. The molecule has 4 aromatic carbocycles. The van der Waals surface area contributed by atoms with Crippen LogP contribution in [0, 0.1) is 5.92 Å². The minimum absolute atomic E-state index is 0.140. The number of methoxy groups -OCH3 is 1. The van der Waals surface area contributed by atoms with E-state index in [1.807, 2.05) is 72.6 Å². The Labute approximate surface area is 213 Å². The fourth-order valence-electron chi connectivity index (χ4n) is 7.24. The summed E-state index contributed by atoms with van der Waals surface area (Å²) >= 11 is 0. The minimum Gasteiger partial charge on any atom is -0.497 e. The van der Waals surface area contributed by atoms with Gasteiger partial charge in [0.2, 0.25) is 5.91 Å². The van der Waals surface area contributed by atoms with Crippen LogP contribution >= 0.6 is 0 Å². The molecule has 0 saturated carbocycles. The van der Waals surface area contributed by atoms with Gasteiger partial charge in [0, 0.05) is 23.4 Å². The van der Waals surface area contributed by atoms with Gasteiger partial charge in [0.1, 0.15) is 16.7 Å². The lowest BCUT2D eigenvalue weighted by molar-refractivity contribution is -0.124. The number of Topliss-reactive ketones (excluding diaryl/α,β-unsaturated/α-hetero) is 2. The SMILES string of the molecule is COc1ccc(C(=O)[C@H]2CN(C)[C@@]3(C(=O)c4cccc5cccc3c45)[C@]23C(=O)Nc2ccccc23)cc1. The Balaban J connectivity index is 1.55. The van der Waals surface area contributed by atoms with Crippen LogP contribution in [0.5, 0.6) is 5.75 Å². The molecule has 0 unspecified atom stereocenters. The molecule has 2 heterocycles. The summed E-state index contributed by atoms with van der Waals surface area (Å²) in [5.74, 6) is -0.776. The number of likely N-dealkylation sites (tertiary alicyclic amines) is 1. The molecular weight excluding hydrogens is 464 g/mol. The van der Waals surface area contributed by atoms with Crippen LogP contribution in [0.4, 0.5) is 5.69 Å². The average molecular weight is 489 g/mol. The molecule has 37 heavy (non-hydrogen) atoms. The number of ketones is 2. The maximum absolute atomic E-state index is 14.7. The summed E-state index contributed by atoms with van der Waals surface area (Å²) in [6.07, 6.45) is 0. The summed E-state index contributed by atoms with van der Waals surface area (Å²) in [5, 5.41) is 4.85. The molecule has 1 N–H and O–H groups in total. The van der Waals surface area contributed by atoms with Crippen LogP contribution in [0.1, 0.15) is 31.8 Å². The van der Waals surface area contributed by atoms with Gasteiger partial charge in [-0.25, -0.2) is 0 Å². The second kappa shape index (κ2) is 7.37. The van der Waals surface area contributed by atoms with Gasteiger partial charge >= 0.3 is 0 Å². The fourth-order valence-corrected chi connectivity index (χ4v) is 7.24. The number of ether oxygens (including phenoxy) is 1. The third-order valence-electron chi connectivity index (χ3n) is 8.64. The molecule has 6 heteroatoms. The first kappa shape index (κ1) is 21.9. The van der Waals surface area contributed by atoms with E-state index >= 15 is 0 Å². The van der Waals surface area contributed by atoms with Crippen molar-refractivity contribution in [2.75, 3.05) is 26.0 Å². The van der Waals surface area contributed by atoms with Crippen LogP contribution in [0.2, 0.25) is 0 Å². The molecule has 2 spiro atoms. The zero-order valence-electron chi connectivity index (χ0n) is 20.4. The first-order valence-corrected chi connectivity index (χ1v) is 12.3. The molecule has 3 atom stereocenters. The maximum atomic E-state index is 14.7. The van der Waals surface area contributed by atoms with Gasteiger partial charge < -0.3 is 10.1 Å². The molecule has 0 bridgehead atoms. The molecule has 0 radical (unpaired) electrons. The van der Waals surface area contributed by atoms with Gasteiger partial charge in [-0.3, -0.25) is 19.3 Å². The van der Waals surface area contributed by atoms with Gasteiger partial charge in [0.15, 0.2) is 11.6 Å². The smallest absolute Gasteiger partial charge is 0.238 e. The van der Waals surface area contributed by atoms with Crippen LogP contribution < -0.4 is 10.1 Å². The average Bonchev–Trinajstić information content (AvgIpc) is 3.49. The summed E-state index contributed by atoms with van der Waals surface area (Å²) in [4.78, 5) is 45.3. The van der Waals surface area contributed by atoms with E-state index in [2.05, 4.69) is 5.32 Å². The van der Waals surface area contributed by atoms with E-state index in [1.165, 1.54) is 0 Å². The van der Waals surface area contributed by atoms with E-state index in [1.54, 1.807) is 31.4 Å². The zero-order valence-corrected chi connectivity index (χ0v) is 20.4. The van der Waals surface area contributed by atoms with Gasteiger partial charge in [-0.15, -0.1) is 0 Å². The number of rotatable bonds is 3. The van der Waals surface area contributed by atoms with E-state index in [0.29, 0.717) is 28.1 Å². The van der Waals surface area contributed by atoms with Crippen molar-refractivity contribution in [3.63, 3.8) is 0 Å². The molecule has 1 amide bonds. The Kier molecular flexibility index (Phi) is 4.37. The maximum Gasteiger partial charge on any atom is 0.238 e. The van der Waals surface area contributed by atoms with Gasteiger partial charge in [-0.1, -0.05) is 54.6 Å². The molecule has 0 aromatic heterocycles. The van der Waals surface area contributed by atoms with Crippen molar-refractivity contribution in [2.24, 2.45) is 5.92 Å². The van der Waals surface area contributed by atoms with Crippen LogP contribution in [0.25, 0.3) is 10.8 Å². The molecule has 1 saturated heterocycles. The topological polar surface area (TPSA) is 75.7 Å². The second-order valence-corrected chi connectivity index (χ2v) is 10.1. The van der Waals surface area contributed by atoms with E-state index in [4.69, 9.17) is 4.74 Å². The molecule has 182 valence electrons. The second-order valence-electron chi connectivity index (χ2n) is 10.1. The molecule has 2 aliphatic heterocycles. The van der Waals surface area contributed by atoms with Crippen LogP contribution in [0.3, 0.4) is 0 Å². The number of anilines is 1. The number of likely N-dealkylation sites (N-methyl/N-ethyl adjacent to an activating group) is 1. The lowest BCUT2D eigenvalue weighted by atomic mass is 9.57. The number of carbonyl (C=O) groups excluding carboxylic acids is 3. The summed E-state index contributed by atoms with van der Waals surface area (Å²) in [7, 11) is 3.44. The lowest BCUT2D eigenvalue weighted by Crippen LogP contribution is -2.61. The highest BCUT2D eigenvalue weighted by atomic mass is 16.5. The highest BCUT2D eigenvalue weighted by Gasteiger charge is 2.77. The van der Waals surface area contributed by atoms with Crippen LogP contribution in [-0.2, 0) is 15.7 Å². The van der Waals surface area contributed by atoms with Gasteiger partial charge in [-0.2, -0.15) is 0 Å². The Morgan fingerprint density at radius 2 is 1.62 bits per heavy atom. The van der Waals surface area contributed by atoms with Crippen molar-refractivity contribution in [3.8, 4) is 5.75 Å². The van der Waals surface area contributed by atoms with Gasteiger partial charge in [-0.05, 0) is 59.3 Å². The van der Waals surface area contributed by atoms with Crippen molar-refractivity contribution in [2.45, 2.75) is 11.0 Å².